The van der Waals surface area contributed by atoms with Gasteiger partial charge in [-0.2, -0.15) is 0 Å². The number of fused-ring (bicyclic) bond motifs is 1. The number of ether oxygens (including phenoxy) is 2. The van der Waals surface area contributed by atoms with E-state index in [4.69, 9.17) is 9.47 Å². The van der Waals surface area contributed by atoms with E-state index in [1.54, 1.807) is 6.08 Å². The van der Waals surface area contributed by atoms with Crippen molar-refractivity contribution in [3.8, 4) is 0 Å². The van der Waals surface area contributed by atoms with Crippen LogP contribution in [0.3, 0.4) is 0 Å². The van der Waals surface area contributed by atoms with Crippen molar-refractivity contribution in [2.24, 2.45) is 5.41 Å². The summed E-state index contributed by atoms with van der Waals surface area (Å²) in [5, 5.41) is 0. The minimum atomic E-state index is -1.33. The Kier molecular flexibility index (Phi) is 4.14. The molecule has 4 heteroatoms. The van der Waals surface area contributed by atoms with Gasteiger partial charge in [0, 0.05) is 5.41 Å². The second-order valence-corrected chi connectivity index (χ2v) is 6.20. The Bertz CT molecular complexity index is 616. The summed E-state index contributed by atoms with van der Waals surface area (Å²) >= 11 is 0. The minimum Gasteiger partial charge on any atom is -0.468 e. The summed E-state index contributed by atoms with van der Waals surface area (Å²) in [5.41, 5.74) is 1.31. The molecule has 0 fully saturated rings. The van der Waals surface area contributed by atoms with E-state index in [1.165, 1.54) is 14.2 Å². The average molecular weight is 302 g/mol. The molecule has 0 spiro atoms. The molecule has 22 heavy (non-hydrogen) atoms. The predicted octanol–water partition coefficient (Wildman–Crippen LogP) is 2.72. The topological polar surface area (TPSA) is 52.6 Å². The first-order chi connectivity index (χ1) is 10.3. The molecule has 0 aliphatic heterocycles. The van der Waals surface area contributed by atoms with Crippen molar-refractivity contribution < 1.29 is 19.1 Å². The molecule has 0 heterocycles. The van der Waals surface area contributed by atoms with Gasteiger partial charge in [-0.05, 0) is 30.9 Å². The SMILES string of the molecule is C=CC1(C)CC(C(=O)OC)(C(=O)OC)Cc2cc(C)ccc21. The zero-order chi connectivity index (χ0) is 16.5. The Balaban J connectivity index is 2.68. The van der Waals surface area contributed by atoms with Gasteiger partial charge in [0.25, 0.3) is 0 Å². The molecule has 1 atom stereocenters. The number of allylic oxidation sites excluding steroid dienone is 1. The first kappa shape index (κ1) is 16.3. The minimum absolute atomic E-state index is 0.285. The third kappa shape index (κ3) is 2.32. The van der Waals surface area contributed by atoms with Gasteiger partial charge in [-0.15, -0.1) is 6.58 Å². The summed E-state index contributed by atoms with van der Waals surface area (Å²) in [7, 11) is 2.59. The lowest BCUT2D eigenvalue weighted by molar-refractivity contribution is -0.171. The molecule has 0 saturated carbocycles. The lowest BCUT2D eigenvalue weighted by Crippen LogP contribution is -2.50. The van der Waals surface area contributed by atoms with Gasteiger partial charge in [-0.25, -0.2) is 0 Å². The zero-order valence-corrected chi connectivity index (χ0v) is 13.6. The Morgan fingerprint density at radius 2 is 1.82 bits per heavy atom. The molecule has 4 nitrogen and oxygen atoms in total. The van der Waals surface area contributed by atoms with Gasteiger partial charge in [-0.3, -0.25) is 9.59 Å². The molecule has 1 aromatic rings. The normalized spacial score (nSPS) is 22.4. The molecule has 118 valence electrons. The fourth-order valence-electron chi connectivity index (χ4n) is 3.48. The lowest BCUT2D eigenvalue weighted by atomic mass is 9.60. The third-order valence-corrected chi connectivity index (χ3v) is 4.64. The quantitative estimate of drug-likeness (QED) is 0.489. The molecule has 0 bridgehead atoms. The third-order valence-electron chi connectivity index (χ3n) is 4.64. The van der Waals surface area contributed by atoms with Crippen LogP contribution in [0.1, 0.15) is 30.0 Å². The number of hydrogen-bond acceptors (Lipinski definition) is 4. The first-order valence-electron chi connectivity index (χ1n) is 7.23. The Morgan fingerprint density at radius 1 is 1.23 bits per heavy atom. The number of aryl methyl sites for hydroxylation is 1. The van der Waals surface area contributed by atoms with Crippen LogP contribution < -0.4 is 0 Å². The van der Waals surface area contributed by atoms with Gasteiger partial charge < -0.3 is 9.47 Å². The number of carbonyl (C=O) groups excluding carboxylic acids is 2. The van der Waals surface area contributed by atoms with E-state index in [0.29, 0.717) is 6.42 Å². The van der Waals surface area contributed by atoms with Gasteiger partial charge in [0.05, 0.1) is 14.2 Å². The lowest BCUT2D eigenvalue weighted by Gasteiger charge is -2.42. The Labute approximate surface area is 131 Å². The maximum Gasteiger partial charge on any atom is 0.323 e. The van der Waals surface area contributed by atoms with Crippen molar-refractivity contribution in [3.05, 3.63) is 47.5 Å². The highest BCUT2D eigenvalue weighted by atomic mass is 16.5. The van der Waals surface area contributed by atoms with Crippen molar-refractivity contribution in [2.75, 3.05) is 14.2 Å². The molecule has 1 unspecified atom stereocenters. The summed E-state index contributed by atoms with van der Waals surface area (Å²) in [6.45, 7) is 7.87. The summed E-state index contributed by atoms with van der Waals surface area (Å²) in [4.78, 5) is 24.9. The van der Waals surface area contributed by atoms with E-state index in [1.807, 2.05) is 32.0 Å². The maximum absolute atomic E-state index is 12.4. The zero-order valence-electron chi connectivity index (χ0n) is 13.6. The van der Waals surface area contributed by atoms with E-state index in [2.05, 4.69) is 6.58 Å². The van der Waals surface area contributed by atoms with Crippen molar-refractivity contribution >= 4 is 11.9 Å². The van der Waals surface area contributed by atoms with E-state index in [-0.39, 0.29) is 6.42 Å². The summed E-state index contributed by atoms with van der Waals surface area (Å²) in [5.74, 6) is -1.11. The number of benzene rings is 1. The fraction of sp³-hybridized carbons (Fsp3) is 0.444. The van der Waals surface area contributed by atoms with Crippen LogP contribution in [-0.2, 0) is 30.9 Å². The number of carbonyl (C=O) groups is 2. The highest BCUT2D eigenvalue weighted by molar-refractivity contribution is 6.01. The Morgan fingerprint density at radius 3 is 2.32 bits per heavy atom. The molecular formula is C18H22O4. The first-order valence-corrected chi connectivity index (χ1v) is 7.23. The highest BCUT2D eigenvalue weighted by Crippen LogP contribution is 2.48. The van der Waals surface area contributed by atoms with Crippen LogP contribution in [0.2, 0.25) is 0 Å². The summed E-state index contributed by atoms with van der Waals surface area (Å²) in [6.07, 6.45) is 2.37. The molecule has 0 aromatic heterocycles. The summed E-state index contributed by atoms with van der Waals surface area (Å²) in [6, 6.07) is 6.09. The Hall–Kier alpha value is -2.10. The second kappa shape index (κ2) is 5.59. The summed E-state index contributed by atoms with van der Waals surface area (Å²) < 4.78 is 9.85. The van der Waals surface area contributed by atoms with Gasteiger partial charge in [0.1, 0.15) is 0 Å². The molecule has 2 rings (SSSR count). The molecule has 1 aliphatic carbocycles. The van der Waals surface area contributed by atoms with Crippen LogP contribution in [0.4, 0.5) is 0 Å². The largest absolute Gasteiger partial charge is 0.468 e. The van der Waals surface area contributed by atoms with E-state index < -0.39 is 22.8 Å². The standard InChI is InChI=1S/C18H22O4/c1-6-17(3)11-18(15(19)21-4,16(20)22-5)10-13-9-12(2)7-8-14(13)17/h6-9H,1,10-11H2,2-5H3. The molecule has 0 amide bonds. The molecule has 0 radical (unpaired) electrons. The maximum atomic E-state index is 12.4. The van der Waals surface area contributed by atoms with Gasteiger partial charge in [-0.1, -0.05) is 36.8 Å². The number of hydrogen-bond donors (Lipinski definition) is 0. The van der Waals surface area contributed by atoms with Crippen LogP contribution in [0.15, 0.2) is 30.9 Å². The highest BCUT2D eigenvalue weighted by Gasteiger charge is 2.55. The number of rotatable bonds is 3. The van der Waals surface area contributed by atoms with Crippen LogP contribution >= 0.6 is 0 Å². The van der Waals surface area contributed by atoms with Crippen molar-refractivity contribution in [2.45, 2.75) is 32.1 Å². The van der Waals surface area contributed by atoms with E-state index >= 15 is 0 Å². The number of esters is 2. The van der Waals surface area contributed by atoms with Gasteiger partial charge >= 0.3 is 11.9 Å². The van der Waals surface area contributed by atoms with Crippen molar-refractivity contribution in [3.63, 3.8) is 0 Å². The van der Waals surface area contributed by atoms with Crippen LogP contribution in [0, 0.1) is 12.3 Å². The van der Waals surface area contributed by atoms with Gasteiger partial charge in [0.2, 0.25) is 0 Å². The van der Waals surface area contributed by atoms with Gasteiger partial charge in [0.15, 0.2) is 5.41 Å². The smallest absolute Gasteiger partial charge is 0.323 e. The molecule has 0 N–H and O–H groups in total. The average Bonchev–Trinajstić information content (AvgIpc) is 2.52. The molecule has 0 saturated heterocycles. The van der Waals surface area contributed by atoms with E-state index in [9.17, 15) is 9.59 Å². The van der Waals surface area contributed by atoms with Crippen LogP contribution in [0.25, 0.3) is 0 Å². The second-order valence-electron chi connectivity index (χ2n) is 6.20. The van der Waals surface area contributed by atoms with Crippen LogP contribution in [0.5, 0.6) is 0 Å². The monoisotopic (exact) mass is 302 g/mol. The molecule has 1 aromatic carbocycles. The van der Waals surface area contributed by atoms with Crippen LogP contribution in [-0.4, -0.2) is 26.2 Å². The number of methoxy groups -OCH3 is 2. The molecule has 1 aliphatic rings. The van der Waals surface area contributed by atoms with Crippen molar-refractivity contribution in [1.29, 1.82) is 0 Å². The predicted molar refractivity (Wildman–Crippen MR) is 83.5 cm³/mol. The molecular weight excluding hydrogens is 280 g/mol. The van der Waals surface area contributed by atoms with Crippen molar-refractivity contribution in [1.82, 2.24) is 0 Å². The fourth-order valence-corrected chi connectivity index (χ4v) is 3.48. The van der Waals surface area contributed by atoms with E-state index in [0.717, 1.165) is 16.7 Å².